The van der Waals surface area contributed by atoms with Crippen LogP contribution >= 0.6 is 0 Å². The van der Waals surface area contributed by atoms with Crippen LogP contribution in [0.3, 0.4) is 0 Å². The molecule has 26 heavy (non-hydrogen) atoms. The molecule has 0 fully saturated rings. The van der Waals surface area contributed by atoms with Crippen molar-refractivity contribution in [1.29, 1.82) is 0 Å². The molecular weight excluding hydrogens is 320 g/mol. The molecule has 3 heterocycles. The van der Waals surface area contributed by atoms with Gasteiger partial charge in [-0.05, 0) is 61.0 Å². The van der Waals surface area contributed by atoms with E-state index in [1.165, 1.54) is 0 Å². The smallest absolute Gasteiger partial charge is 0.227 e. The quantitative estimate of drug-likeness (QED) is 0.429. The predicted molar refractivity (Wildman–Crippen MR) is 107 cm³/mol. The first-order chi connectivity index (χ1) is 14.3. The first kappa shape index (κ1) is 11.8. The van der Waals surface area contributed by atoms with E-state index in [-0.39, 0.29) is 11.4 Å². The molecule has 0 spiro atoms. The fourth-order valence-electron chi connectivity index (χ4n) is 3.28. The topological polar surface area (TPSA) is 38.9 Å². The maximum absolute atomic E-state index is 8.59. The number of fused-ring (bicyclic) bond motifs is 3. The molecule has 0 saturated carbocycles. The second-order valence-electron chi connectivity index (χ2n) is 7.59. The molecule has 0 saturated heterocycles. The van der Waals surface area contributed by atoms with E-state index in [0.29, 0.717) is 22.4 Å². The van der Waals surface area contributed by atoms with Crippen molar-refractivity contribution >= 4 is 22.1 Å². The van der Waals surface area contributed by atoms with E-state index < -0.39 is 18.6 Å². The average Bonchev–Trinajstić information content (AvgIpc) is 3.05. The lowest BCUT2D eigenvalue weighted by Gasteiger charge is -2.18. The van der Waals surface area contributed by atoms with Crippen LogP contribution in [0.1, 0.15) is 44.4 Å². The van der Waals surface area contributed by atoms with Crippen LogP contribution in [0.5, 0.6) is 0 Å². The second kappa shape index (κ2) is 5.94. The monoisotopic (exact) mass is 349 g/mol. The molecule has 0 aliphatic rings. The van der Waals surface area contributed by atoms with Crippen molar-refractivity contribution in [3.63, 3.8) is 0 Å². The van der Waals surface area contributed by atoms with Gasteiger partial charge in [-0.15, -0.1) is 0 Å². The number of aryl methyl sites for hydroxylation is 2. The summed E-state index contributed by atoms with van der Waals surface area (Å²) in [5.41, 5.74) is 2.84. The van der Waals surface area contributed by atoms with Crippen LogP contribution in [0.2, 0.25) is 0 Å². The largest absolute Gasteiger partial charge is 0.437 e. The molecule has 3 nitrogen and oxygen atoms in total. The van der Waals surface area contributed by atoms with E-state index in [0.717, 1.165) is 16.3 Å². The van der Waals surface area contributed by atoms with Crippen molar-refractivity contribution in [1.82, 2.24) is 9.97 Å². The molecule has 0 amide bonds. The molecular formula is C23H24N2O. The number of hydrogen-bond donors (Lipinski definition) is 0. The van der Waals surface area contributed by atoms with E-state index in [4.69, 9.17) is 11.3 Å². The van der Waals surface area contributed by atoms with Gasteiger partial charge < -0.3 is 4.42 Å². The summed E-state index contributed by atoms with van der Waals surface area (Å²) < 4.78 is 46.3. The zero-order valence-corrected chi connectivity index (χ0v) is 15.3. The molecule has 0 aliphatic carbocycles. The molecule has 3 heteroatoms. The molecule has 4 rings (SSSR count). The van der Waals surface area contributed by atoms with Gasteiger partial charge in [-0.2, -0.15) is 0 Å². The highest BCUT2D eigenvalue weighted by molar-refractivity contribution is 6.09. The van der Waals surface area contributed by atoms with Crippen molar-refractivity contribution in [3.8, 4) is 11.3 Å². The lowest BCUT2D eigenvalue weighted by Crippen LogP contribution is -2.09. The standard InChI is InChI=1S/C23H24N2O/c1-14-11-15(2)25-22-20(14)18-8-6-7-17(21(18)26-22)19-12-16(9-10-24-19)13-23(3,4)5/h6-12H,13H2,1-5H3/i2D3,13D2. The first-order valence-electron chi connectivity index (χ1n) is 11.1. The third-order valence-corrected chi connectivity index (χ3v) is 4.22. The van der Waals surface area contributed by atoms with E-state index in [9.17, 15) is 0 Å². The fourth-order valence-corrected chi connectivity index (χ4v) is 3.28. The van der Waals surface area contributed by atoms with Crippen molar-refractivity contribution in [2.75, 3.05) is 0 Å². The highest BCUT2D eigenvalue weighted by Crippen LogP contribution is 2.36. The lowest BCUT2D eigenvalue weighted by atomic mass is 9.88. The van der Waals surface area contributed by atoms with E-state index in [1.807, 2.05) is 45.9 Å². The number of para-hydroxylation sites is 1. The fraction of sp³-hybridized carbons (Fsp3) is 0.304. The Balaban J connectivity index is 1.95. The summed E-state index contributed by atoms with van der Waals surface area (Å²) in [5.74, 6) is 0. The summed E-state index contributed by atoms with van der Waals surface area (Å²) in [5, 5.41) is 1.59. The van der Waals surface area contributed by atoms with Gasteiger partial charge in [-0.25, -0.2) is 4.98 Å². The van der Waals surface area contributed by atoms with Crippen LogP contribution in [0.4, 0.5) is 0 Å². The Morgan fingerprint density at radius 3 is 2.81 bits per heavy atom. The minimum atomic E-state index is -2.32. The van der Waals surface area contributed by atoms with Crippen molar-refractivity contribution < 1.29 is 11.3 Å². The van der Waals surface area contributed by atoms with Crippen LogP contribution in [0.15, 0.2) is 47.0 Å². The first-order valence-corrected chi connectivity index (χ1v) is 8.61. The lowest BCUT2D eigenvalue weighted by molar-refractivity contribution is 0.411. The highest BCUT2D eigenvalue weighted by Gasteiger charge is 2.17. The van der Waals surface area contributed by atoms with Gasteiger partial charge in [0, 0.05) is 29.7 Å². The Morgan fingerprint density at radius 1 is 1.19 bits per heavy atom. The van der Waals surface area contributed by atoms with E-state index in [1.54, 1.807) is 24.4 Å². The molecule has 4 aromatic rings. The summed E-state index contributed by atoms with van der Waals surface area (Å²) >= 11 is 0. The van der Waals surface area contributed by atoms with Crippen LogP contribution in [-0.2, 0) is 6.37 Å². The van der Waals surface area contributed by atoms with Crippen LogP contribution in [-0.4, -0.2) is 9.97 Å². The minimum absolute atomic E-state index is 0.00315. The van der Waals surface area contributed by atoms with Crippen molar-refractivity contribution in [2.24, 2.45) is 5.41 Å². The van der Waals surface area contributed by atoms with Crippen LogP contribution in [0, 0.1) is 19.2 Å². The zero-order chi connectivity index (χ0) is 22.8. The third-order valence-electron chi connectivity index (χ3n) is 4.22. The van der Waals surface area contributed by atoms with Crippen LogP contribution in [0.25, 0.3) is 33.3 Å². The Hall–Kier alpha value is -2.68. The SMILES string of the molecule is [2H]C([2H])([2H])c1cc(C)c2c(n1)oc1c(-c3cc(C([2H])([2H])C(C)(C)C)ccn3)cccc12. The van der Waals surface area contributed by atoms with Gasteiger partial charge >= 0.3 is 0 Å². The number of pyridine rings is 2. The molecule has 0 bridgehead atoms. The maximum atomic E-state index is 8.59. The van der Waals surface area contributed by atoms with Gasteiger partial charge in [0.15, 0.2) is 0 Å². The molecule has 0 N–H and O–H groups in total. The number of benzene rings is 1. The normalized spacial score (nSPS) is 16.1. The van der Waals surface area contributed by atoms with Gasteiger partial charge in [0.1, 0.15) is 5.58 Å². The van der Waals surface area contributed by atoms with Crippen LogP contribution < -0.4 is 0 Å². The summed E-state index contributed by atoms with van der Waals surface area (Å²) in [4.78, 5) is 8.73. The number of furan rings is 1. The molecule has 3 aromatic heterocycles. The predicted octanol–water partition coefficient (Wildman–Crippen LogP) is 6.25. The number of nitrogens with zero attached hydrogens (tertiary/aromatic N) is 2. The van der Waals surface area contributed by atoms with Gasteiger partial charge in [0.25, 0.3) is 0 Å². The number of rotatable bonds is 2. The van der Waals surface area contributed by atoms with Gasteiger partial charge in [0.2, 0.25) is 5.71 Å². The average molecular weight is 349 g/mol. The molecule has 0 unspecified atom stereocenters. The summed E-state index contributed by atoms with van der Waals surface area (Å²) in [6, 6.07) is 10.7. The second-order valence-corrected chi connectivity index (χ2v) is 7.59. The Bertz CT molecular complexity index is 1300. The third kappa shape index (κ3) is 2.98. The van der Waals surface area contributed by atoms with Gasteiger partial charge in [-0.3, -0.25) is 4.98 Å². The minimum Gasteiger partial charge on any atom is -0.437 e. The Labute approximate surface area is 161 Å². The molecule has 132 valence electrons. The van der Waals surface area contributed by atoms with Gasteiger partial charge in [0.05, 0.1) is 11.1 Å². The summed E-state index contributed by atoms with van der Waals surface area (Å²) in [6.07, 6.45) is 0.0468. The summed E-state index contributed by atoms with van der Waals surface area (Å²) in [6.45, 7) is 5.12. The molecule has 0 atom stereocenters. The molecule has 1 aromatic carbocycles. The van der Waals surface area contributed by atoms with Gasteiger partial charge in [-0.1, -0.05) is 32.9 Å². The van der Waals surface area contributed by atoms with E-state index >= 15 is 0 Å². The maximum Gasteiger partial charge on any atom is 0.227 e. The van der Waals surface area contributed by atoms with Crippen molar-refractivity contribution in [3.05, 3.63) is 59.4 Å². The highest BCUT2D eigenvalue weighted by atomic mass is 16.3. The molecule has 0 radical (unpaired) electrons. The number of aromatic nitrogens is 2. The zero-order valence-electron chi connectivity index (χ0n) is 20.3. The number of hydrogen-bond acceptors (Lipinski definition) is 3. The van der Waals surface area contributed by atoms with E-state index in [2.05, 4.69) is 9.97 Å². The van der Waals surface area contributed by atoms with Crippen molar-refractivity contribution in [2.45, 2.75) is 40.9 Å². The molecule has 0 aliphatic heterocycles. The Kier molecular flexibility index (Phi) is 2.71. The Morgan fingerprint density at radius 2 is 2.04 bits per heavy atom. The summed E-state index contributed by atoms with van der Waals surface area (Å²) in [7, 11) is 0.